The van der Waals surface area contributed by atoms with E-state index in [2.05, 4.69) is 10.3 Å². The average molecular weight is 301 g/mol. The highest BCUT2D eigenvalue weighted by molar-refractivity contribution is 7.12. The second-order valence-electron chi connectivity index (χ2n) is 4.92. The quantitative estimate of drug-likeness (QED) is 0.931. The second kappa shape index (κ2) is 6.05. The van der Waals surface area contributed by atoms with Gasteiger partial charge in [0.25, 0.3) is 5.91 Å². The van der Waals surface area contributed by atoms with Crippen LogP contribution in [0.2, 0.25) is 0 Å². The molecule has 0 radical (unpaired) electrons. The molecule has 3 heterocycles. The largest absolute Gasteiger partial charge is 0.350 e. The molecule has 1 aliphatic rings. The number of hydrogen-bond donors (Lipinski definition) is 1. The number of likely N-dealkylation sites (tertiary alicyclic amines) is 1. The summed E-state index contributed by atoms with van der Waals surface area (Å²) < 4.78 is 0. The normalized spacial score (nSPS) is 14.6. The number of rotatable bonds is 4. The Morgan fingerprint density at radius 3 is 2.81 bits per heavy atom. The van der Waals surface area contributed by atoms with Crippen LogP contribution in [0.3, 0.4) is 0 Å². The monoisotopic (exact) mass is 301 g/mol. The summed E-state index contributed by atoms with van der Waals surface area (Å²) in [6.45, 7) is 1.41. The molecule has 1 fully saturated rings. The molecule has 2 aromatic heterocycles. The summed E-state index contributed by atoms with van der Waals surface area (Å²) in [5, 5.41) is 4.74. The molecule has 2 aromatic rings. The van der Waals surface area contributed by atoms with E-state index in [0.29, 0.717) is 19.6 Å². The highest BCUT2D eigenvalue weighted by Crippen LogP contribution is 2.21. The lowest BCUT2D eigenvalue weighted by Crippen LogP contribution is -2.55. The van der Waals surface area contributed by atoms with Crippen molar-refractivity contribution >= 4 is 23.2 Å². The van der Waals surface area contributed by atoms with E-state index in [1.165, 1.54) is 11.3 Å². The topological polar surface area (TPSA) is 62.3 Å². The van der Waals surface area contributed by atoms with E-state index in [4.69, 9.17) is 0 Å². The van der Waals surface area contributed by atoms with Crippen LogP contribution in [0.5, 0.6) is 0 Å². The van der Waals surface area contributed by atoms with E-state index in [-0.39, 0.29) is 17.7 Å². The third kappa shape index (κ3) is 3.11. The van der Waals surface area contributed by atoms with Crippen LogP contribution in [0.1, 0.15) is 15.4 Å². The zero-order valence-electron chi connectivity index (χ0n) is 11.4. The van der Waals surface area contributed by atoms with Crippen molar-refractivity contribution in [1.29, 1.82) is 0 Å². The number of thiophene rings is 1. The van der Waals surface area contributed by atoms with Crippen molar-refractivity contribution in [2.24, 2.45) is 5.92 Å². The van der Waals surface area contributed by atoms with Crippen molar-refractivity contribution in [2.75, 3.05) is 13.1 Å². The summed E-state index contributed by atoms with van der Waals surface area (Å²) >= 11 is 1.43. The predicted octanol–water partition coefficient (Wildman–Crippen LogP) is 1.53. The van der Waals surface area contributed by atoms with Crippen molar-refractivity contribution in [1.82, 2.24) is 15.2 Å². The maximum Gasteiger partial charge on any atom is 0.263 e. The number of carbonyl (C=O) groups is 2. The smallest absolute Gasteiger partial charge is 0.263 e. The van der Waals surface area contributed by atoms with Gasteiger partial charge in [-0.2, -0.15) is 0 Å². The first kappa shape index (κ1) is 13.8. The van der Waals surface area contributed by atoms with Crippen LogP contribution in [0.4, 0.5) is 0 Å². The molecule has 0 aliphatic carbocycles. The summed E-state index contributed by atoms with van der Waals surface area (Å²) in [5.74, 6) is -0.118. The van der Waals surface area contributed by atoms with Crippen molar-refractivity contribution < 1.29 is 9.59 Å². The third-order valence-electron chi connectivity index (χ3n) is 3.44. The zero-order chi connectivity index (χ0) is 14.7. The van der Waals surface area contributed by atoms with Crippen LogP contribution >= 0.6 is 11.3 Å². The minimum Gasteiger partial charge on any atom is -0.350 e. The Balaban J connectivity index is 1.45. The van der Waals surface area contributed by atoms with Gasteiger partial charge in [0.1, 0.15) is 0 Å². The number of carbonyl (C=O) groups excluding carboxylic acids is 2. The van der Waals surface area contributed by atoms with Gasteiger partial charge in [-0.3, -0.25) is 14.6 Å². The van der Waals surface area contributed by atoms with Crippen LogP contribution in [0.15, 0.2) is 41.9 Å². The molecule has 1 N–H and O–H groups in total. The van der Waals surface area contributed by atoms with E-state index in [1.54, 1.807) is 11.1 Å². The van der Waals surface area contributed by atoms with Crippen molar-refractivity contribution in [3.8, 4) is 0 Å². The zero-order valence-corrected chi connectivity index (χ0v) is 12.2. The molecular formula is C15H15N3O2S. The first-order valence-electron chi connectivity index (χ1n) is 6.74. The Hall–Kier alpha value is -2.21. The fourth-order valence-corrected chi connectivity index (χ4v) is 2.88. The van der Waals surface area contributed by atoms with Gasteiger partial charge >= 0.3 is 0 Å². The highest BCUT2D eigenvalue weighted by atomic mass is 32.1. The molecule has 0 unspecified atom stereocenters. The molecule has 3 rings (SSSR count). The fraction of sp³-hybridized carbons (Fsp3) is 0.267. The molecule has 6 heteroatoms. The highest BCUT2D eigenvalue weighted by Gasteiger charge is 2.36. The van der Waals surface area contributed by atoms with Crippen molar-refractivity contribution in [3.63, 3.8) is 0 Å². The maximum atomic E-state index is 12.0. The van der Waals surface area contributed by atoms with Gasteiger partial charge in [0, 0.05) is 19.3 Å². The van der Waals surface area contributed by atoms with E-state index >= 15 is 0 Å². The summed E-state index contributed by atoms with van der Waals surface area (Å²) in [4.78, 5) is 30.6. The number of amides is 2. The third-order valence-corrected chi connectivity index (χ3v) is 4.30. The molecular weight excluding hydrogens is 286 g/mol. The van der Waals surface area contributed by atoms with E-state index in [9.17, 15) is 9.59 Å². The number of aromatic nitrogens is 1. The van der Waals surface area contributed by atoms with Gasteiger partial charge in [-0.1, -0.05) is 12.1 Å². The van der Waals surface area contributed by atoms with Crippen LogP contribution in [0.25, 0.3) is 0 Å². The van der Waals surface area contributed by atoms with Gasteiger partial charge in [0.05, 0.1) is 23.0 Å². The van der Waals surface area contributed by atoms with Crippen molar-refractivity contribution in [2.45, 2.75) is 6.54 Å². The molecule has 1 saturated heterocycles. The van der Waals surface area contributed by atoms with Crippen molar-refractivity contribution in [3.05, 3.63) is 52.5 Å². The molecule has 2 amide bonds. The molecule has 0 saturated carbocycles. The fourth-order valence-electron chi connectivity index (χ4n) is 2.19. The van der Waals surface area contributed by atoms with Gasteiger partial charge in [0.2, 0.25) is 5.91 Å². The number of pyridine rings is 1. The molecule has 0 bridgehead atoms. The average Bonchev–Trinajstić information content (AvgIpc) is 2.98. The SMILES string of the molecule is O=C(NCc1ccccn1)C1CN(C(=O)c2cccs2)C1. The lowest BCUT2D eigenvalue weighted by Gasteiger charge is -2.37. The van der Waals surface area contributed by atoms with E-state index in [1.807, 2.05) is 35.7 Å². The molecule has 5 nitrogen and oxygen atoms in total. The summed E-state index contributed by atoms with van der Waals surface area (Å²) in [6.07, 6.45) is 1.70. The van der Waals surface area contributed by atoms with Gasteiger partial charge < -0.3 is 10.2 Å². The van der Waals surface area contributed by atoms with Crippen LogP contribution in [-0.4, -0.2) is 34.8 Å². The van der Waals surface area contributed by atoms with Gasteiger partial charge in [-0.05, 0) is 23.6 Å². The number of nitrogens with one attached hydrogen (secondary N) is 1. The Labute approximate surface area is 126 Å². The van der Waals surface area contributed by atoms with Crippen LogP contribution < -0.4 is 5.32 Å². The van der Waals surface area contributed by atoms with E-state index < -0.39 is 0 Å². The Morgan fingerprint density at radius 1 is 1.29 bits per heavy atom. The van der Waals surface area contributed by atoms with Gasteiger partial charge in [-0.25, -0.2) is 0 Å². The van der Waals surface area contributed by atoms with E-state index in [0.717, 1.165) is 10.6 Å². The molecule has 0 atom stereocenters. The van der Waals surface area contributed by atoms with Gasteiger partial charge in [-0.15, -0.1) is 11.3 Å². The molecule has 1 aliphatic heterocycles. The minimum atomic E-state index is -0.113. The second-order valence-corrected chi connectivity index (χ2v) is 5.87. The number of hydrogen-bond acceptors (Lipinski definition) is 4. The summed E-state index contributed by atoms with van der Waals surface area (Å²) in [7, 11) is 0. The van der Waals surface area contributed by atoms with Crippen LogP contribution in [-0.2, 0) is 11.3 Å². The standard InChI is InChI=1S/C15H15N3O2S/c19-14(17-8-12-4-1-2-6-16-12)11-9-18(10-11)15(20)13-5-3-7-21-13/h1-7,11H,8-10H2,(H,17,19). The minimum absolute atomic E-state index is 0.0128. The Bertz CT molecular complexity index is 622. The Morgan fingerprint density at radius 2 is 2.14 bits per heavy atom. The lowest BCUT2D eigenvalue weighted by molar-refractivity contribution is -0.129. The molecule has 0 spiro atoms. The summed E-state index contributed by atoms with van der Waals surface area (Å²) in [5.41, 5.74) is 0.830. The Kier molecular flexibility index (Phi) is 3.96. The first-order chi connectivity index (χ1) is 10.2. The van der Waals surface area contributed by atoms with Crippen LogP contribution in [0, 0.1) is 5.92 Å². The molecule has 21 heavy (non-hydrogen) atoms. The van der Waals surface area contributed by atoms with Gasteiger partial charge in [0.15, 0.2) is 0 Å². The number of nitrogens with zero attached hydrogens (tertiary/aromatic N) is 2. The molecule has 108 valence electrons. The first-order valence-corrected chi connectivity index (χ1v) is 7.62. The maximum absolute atomic E-state index is 12.0. The molecule has 0 aromatic carbocycles. The lowest BCUT2D eigenvalue weighted by atomic mass is 9.99. The summed E-state index contributed by atoms with van der Waals surface area (Å²) in [6, 6.07) is 9.26. The predicted molar refractivity (Wildman–Crippen MR) is 79.8 cm³/mol.